The van der Waals surface area contributed by atoms with E-state index < -0.39 is 4.75 Å². The number of thiol groups is 1. The highest BCUT2D eigenvalue weighted by Gasteiger charge is 2.30. The molecule has 0 fully saturated rings. The lowest BCUT2D eigenvalue weighted by molar-refractivity contribution is 0.106. The maximum atomic E-state index is 8.74. The van der Waals surface area contributed by atoms with Gasteiger partial charge in [0.1, 0.15) is 0 Å². The second kappa shape index (κ2) is 4.18. The SMILES string of the molecule is CC(CO)C(S)(CO)CO. The Hall–Kier alpha value is 0.230. The van der Waals surface area contributed by atoms with Crippen LogP contribution in [-0.2, 0) is 0 Å². The van der Waals surface area contributed by atoms with Crippen molar-refractivity contribution >= 4 is 12.6 Å². The molecule has 0 aliphatic heterocycles. The first kappa shape index (κ1) is 10.2. The van der Waals surface area contributed by atoms with Gasteiger partial charge < -0.3 is 15.3 Å². The lowest BCUT2D eigenvalue weighted by Crippen LogP contribution is -2.40. The summed E-state index contributed by atoms with van der Waals surface area (Å²) in [7, 11) is 0. The van der Waals surface area contributed by atoms with Crippen LogP contribution in [0.3, 0.4) is 0 Å². The molecule has 0 aromatic heterocycles. The summed E-state index contributed by atoms with van der Waals surface area (Å²) in [5.74, 6) is -0.203. The van der Waals surface area contributed by atoms with Crippen LogP contribution in [0.25, 0.3) is 0 Å². The van der Waals surface area contributed by atoms with Gasteiger partial charge in [0.2, 0.25) is 0 Å². The van der Waals surface area contributed by atoms with Gasteiger partial charge in [-0.2, -0.15) is 12.6 Å². The smallest absolute Gasteiger partial charge is 0.0638 e. The zero-order chi connectivity index (χ0) is 8.20. The number of hydrogen-bond acceptors (Lipinski definition) is 4. The average molecular weight is 166 g/mol. The molecule has 0 heterocycles. The number of aliphatic hydroxyl groups is 3. The largest absolute Gasteiger partial charge is 0.396 e. The molecule has 0 saturated heterocycles. The molecule has 4 heteroatoms. The normalized spacial score (nSPS) is 15.3. The lowest BCUT2D eigenvalue weighted by atomic mass is 9.95. The van der Waals surface area contributed by atoms with Gasteiger partial charge >= 0.3 is 0 Å². The second-order valence-electron chi connectivity index (χ2n) is 2.50. The standard InChI is InChI=1S/C6H14O3S/c1-5(2-7)6(10,3-8)4-9/h5,7-10H,2-4H2,1H3. The predicted octanol–water partition coefficient (Wildman–Crippen LogP) is -0.732. The molecule has 3 nitrogen and oxygen atoms in total. The molecule has 0 bridgehead atoms. The Labute approximate surface area is 66.1 Å². The fraction of sp³-hybridized carbons (Fsp3) is 1.00. The molecule has 0 spiro atoms. The number of rotatable bonds is 4. The highest BCUT2D eigenvalue weighted by molar-refractivity contribution is 7.81. The summed E-state index contributed by atoms with van der Waals surface area (Å²) in [6.45, 7) is 1.19. The molecular formula is C6H14O3S. The molecular weight excluding hydrogens is 152 g/mol. The van der Waals surface area contributed by atoms with Crippen LogP contribution in [0.5, 0.6) is 0 Å². The van der Waals surface area contributed by atoms with Gasteiger partial charge in [-0.1, -0.05) is 6.92 Å². The molecule has 1 atom stereocenters. The van der Waals surface area contributed by atoms with E-state index in [0.717, 1.165) is 0 Å². The minimum absolute atomic E-state index is 0.0787. The van der Waals surface area contributed by atoms with Crippen molar-refractivity contribution in [3.8, 4) is 0 Å². The fourth-order valence-corrected chi connectivity index (χ4v) is 0.613. The Bertz CT molecular complexity index is 93.0. The number of aliphatic hydroxyl groups excluding tert-OH is 3. The van der Waals surface area contributed by atoms with Crippen molar-refractivity contribution < 1.29 is 15.3 Å². The van der Waals surface area contributed by atoms with Crippen LogP contribution in [0.15, 0.2) is 0 Å². The van der Waals surface area contributed by atoms with E-state index in [1.54, 1.807) is 6.92 Å². The third-order valence-electron chi connectivity index (χ3n) is 1.74. The number of hydrogen-bond donors (Lipinski definition) is 4. The first-order chi connectivity index (χ1) is 4.60. The molecule has 0 rings (SSSR count). The van der Waals surface area contributed by atoms with E-state index >= 15 is 0 Å². The Morgan fingerprint density at radius 1 is 1.30 bits per heavy atom. The summed E-state index contributed by atoms with van der Waals surface area (Å²) in [6.07, 6.45) is 0. The van der Waals surface area contributed by atoms with E-state index in [2.05, 4.69) is 12.6 Å². The zero-order valence-electron chi connectivity index (χ0n) is 5.99. The van der Waals surface area contributed by atoms with Crippen molar-refractivity contribution in [3.63, 3.8) is 0 Å². The van der Waals surface area contributed by atoms with Crippen LogP contribution in [0, 0.1) is 5.92 Å². The molecule has 62 valence electrons. The minimum atomic E-state index is -0.852. The van der Waals surface area contributed by atoms with E-state index in [0.29, 0.717) is 0 Å². The predicted molar refractivity (Wildman–Crippen MR) is 42.1 cm³/mol. The van der Waals surface area contributed by atoms with Gasteiger partial charge in [0, 0.05) is 6.61 Å². The molecule has 3 N–H and O–H groups in total. The third-order valence-corrected chi connectivity index (χ3v) is 2.46. The maximum absolute atomic E-state index is 8.74. The summed E-state index contributed by atoms with van der Waals surface area (Å²) in [6, 6.07) is 0. The van der Waals surface area contributed by atoms with Crippen molar-refractivity contribution in [1.29, 1.82) is 0 Å². The molecule has 0 amide bonds. The molecule has 0 aliphatic carbocycles. The van der Waals surface area contributed by atoms with Gasteiger partial charge in [0.05, 0.1) is 18.0 Å². The molecule has 10 heavy (non-hydrogen) atoms. The summed E-state index contributed by atoms with van der Waals surface area (Å²) in [5, 5.41) is 26.1. The molecule has 0 aliphatic rings. The summed E-state index contributed by atoms with van der Waals surface area (Å²) >= 11 is 4.03. The van der Waals surface area contributed by atoms with Crippen LogP contribution < -0.4 is 0 Å². The summed E-state index contributed by atoms with van der Waals surface area (Å²) < 4.78 is -0.852. The van der Waals surface area contributed by atoms with E-state index in [9.17, 15) is 0 Å². The van der Waals surface area contributed by atoms with E-state index in [4.69, 9.17) is 15.3 Å². The first-order valence-electron chi connectivity index (χ1n) is 3.15. The fourth-order valence-electron chi connectivity index (χ4n) is 0.532. The van der Waals surface area contributed by atoms with Crippen LogP contribution in [0.4, 0.5) is 0 Å². The maximum Gasteiger partial charge on any atom is 0.0638 e. The van der Waals surface area contributed by atoms with E-state index in [1.165, 1.54) is 0 Å². The Morgan fingerprint density at radius 2 is 1.70 bits per heavy atom. The van der Waals surface area contributed by atoms with Crippen LogP contribution in [0.1, 0.15) is 6.92 Å². The lowest BCUT2D eigenvalue weighted by Gasteiger charge is -2.29. The summed E-state index contributed by atoms with van der Waals surface area (Å²) in [5.41, 5.74) is 0. The van der Waals surface area contributed by atoms with Gasteiger partial charge in [0.15, 0.2) is 0 Å². The molecule has 0 aromatic carbocycles. The highest BCUT2D eigenvalue weighted by Crippen LogP contribution is 2.23. The van der Waals surface area contributed by atoms with Gasteiger partial charge in [-0.3, -0.25) is 0 Å². The molecule has 0 radical (unpaired) electrons. The van der Waals surface area contributed by atoms with Crippen molar-refractivity contribution in [1.82, 2.24) is 0 Å². The van der Waals surface area contributed by atoms with Crippen molar-refractivity contribution in [2.75, 3.05) is 19.8 Å². The second-order valence-corrected chi connectivity index (χ2v) is 3.39. The van der Waals surface area contributed by atoms with Crippen molar-refractivity contribution in [2.24, 2.45) is 5.92 Å². The monoisotopic (exact) mass is 166 g/mol. The van der Waals surface area contributed by atoms with Gasteiger partial charge in [-0.05, 0) is 5.92 Å². The first-order valence-corrected chi connectivity index (χ1v) is 3.60. The van der Waals surface area contributed by atoms with Gasteiger partial charge in [0.25, 0.3) is 0 Å². The highest BCUT2D eigenvalue weighted by atomic mass is 32.1. The average Bonchev–Trinajstić information content (AvgIpc) is 2.01. The Balaban J connectivity index is 4.02. The van der Waals surface area contributed by atoms with Gasteiger partial charge in [-0.15, -0.1) is 0 Å². The zero-order valence-corrected chi connectivity index (χ0v) is 6.88. The topological polar surface area (TPSA) is 60.7 Å². The quantitative estimate of drug-likeness (QED) is 0.416. The van der Waals surface area contributed by atoms with Gasteiger partial charge in [-0.25, -0.2) is 0 Å². The van der Waals surface area contributed by atoms with Crippen LogP contribution in [0.2, 0.25) is 0 Å². The van der Waals surface area contributed by atoms with Crippen LogP contribution in [-0.4, -0.2) is 39.9 Å². The molecule has 0 saturated carbocycles. The summed E-state index contributed by atoms with van der Waals surface area (Å²) in [4.78, 5) is 0. The molecule has 1 unspecified atom stereocenters. The third kappa shape index (κ3) is 2.12. The van der Waals surface area contributed by atoms with Crippen LogP contribution >= 0.6 is 12.6 Å². The minimum Gasteiger partial charge on any atom is -0.396 e. The Morgan fingerprint density at radius 3 is 1.80 bits per heavy atom. The van der Waals surface area contributed by atoms with E-state index in [-0.39, 0.29) is 25.7 Å². The van der Waals surface area contributed by atoms with E-state index in [1.807, 2.05) is 0 Å². The van der Waals surface area contributed by atoms with Crippen molar-refractivity contribution in [2.45, 2.75) is 11.7 Å². The molecule has 0 aromatic rings. The van der Waals surface area contributed by atoms with Crippen molar-refractivity contribution in [3.05, 3.63) is 0 Å². The Kier molecular flexibility index (Phi) is 4.28.